The number of hydrogen-bond acceptors (Lipinski definition) is 2. The highest BCUT2D eigenvalue weighted by atomic mass is 32.2. The van der Waals surface area contributed by atoms with Gasteiger partial charge in [0.25, 0.3) is 0 Å². The number of nitrogens with one attached hydrogen (secondary N) is 1. The Morgan fingerprint density at radius 2 is 2.04 bits per heavy atom. The van der Waals surface area contributed by atoms with Crippen LogP contribution in [0.2, 0.25) is 0 Å². The molecule has 2 rings (SSSR count). The minimum Gasteiger partial charge on any atom is -0.337 e. The lowest BCUT2D eigenvalue weighted by Crippen LogP contribution is -2.45. The van der Waals surface area contributed by atoms with Crippen molar-refractivity contribution in [3.8, 4) is 0 Å². The summed E-state index contributed by atoms with van der Waals surface area (Å²) in [4.78, 5) is 14.0. The van der Waals surface area contributed by atoms with Gasteiger partial charge in [-0.1, -0.05) is 12.8 Å². The fourth-order valence-corrected chi connectivity index (χ4v) is 3.22. The Morgan fingerprint density at radius 1 is 1.35 bits per heavy atom. The number of hydrogen-bond donors (Lipinski definition) is 1. The van der Waals surface area contributed by atoms with Crippen LogP contribution in [0.1, 0.15) is 31.2 Å². The monoisotopic (exact) mass is 344 g/mol. The van der Waals surface area contributed by atoms with E-state index in [4.69, 9.17) is 0 Å². The van der Waals surface area contributed by atoms with Gasteiger partial charge in [-0.25, -0.2) is 13.6 Å². The first-order valence-electron chi connectivity index (χ1n) is 7.76. The Morgan fingerprint density at radius 3 is 2.70 bits per heavy atom. The summed E-state index contributed by atoms with van der Waals surface area (Å²) in [5, 5.41) is 2.72. The summed E-state index contributed by atoms with van der Waals surface area (Å²) in [6, 6.07) is 2.99. The fraction of sp³-hybridized carbons (Fsp3) is 0.562. The molecule has 1 aliphatic carbocycles. The zero-order valence-electron chi connectivity index (χ0n) is 13.2. The SMILES string of the molecule is C[S@@](=O)CCNC(=O)N(Cc1cc(F)ccc1F)C1CCCC1. The molecule has 0 unspecified atom stereocenters. The molecule has 1 N–H and O–H groups in total. The molecule has 0 bridgehead atoms. The largest absolute Gasteiger partial charge is 0.337 e. The maximum Gasteiger partial charge on any atom is 0.317 e. The molecule has 0 aliphatic heterocycles. The first-order chi connectivity index (χ1) is 11.0. The second-order valence-electron chi connectivity index (χ2n) is 5.81. The predicted octanol–water partition coefficient (Wildman–Crippen LogP) is 2.80. The van der Waals surface area contributed by atoms with Gasteiger partial charge in [-0.3, -0.25) is 4.21 Å². The third-order valence-corrected chi connectivity index (χ3v) is 4.82. The first kappa shape index (κ1) is 17.8. The lowest BCUT2D eigenvalue weighted by atomic mass is 10.1. The number of benzene rings is 1. The molecule has 23 heavy (non-hydrogen) atoms. The van der Waals surface area contributed by atoms with Gasteiger partial charge in [-0.2, -0.15) is 0 Å². The third kappa shape index (κ3) is 5.27. The van der Waals surface area contributed by atoms with Crippen molar-refractivity contribution in [2.24, 2.45) is 0 Å². The molecule has 7 heteroatoms. The van der Waals surface area contributed by atoms with Crippen LogP contribution < -0.4 is 5.32 Å². The van der Waals surface area contributed by atoms with Crippen LogP contribution in [0, 0.1) is 11.6 Å². The summed E-state index contributed by atoms with van der Waals surface area (Å²) in [5.74, 6) is -0.662. The molecule has 1 aromatic carbocycles. The van der Waals surface area contributed by atoms with E-state index >= 15 is 0 Å². The normalized spacial score (nSPS) is 16.3. The number of amides is 2. The van der Waals surface area contributed by atoms with E-state index in [1.807, 2.05) is 0 Å². The number of rotatable bonds is 6. The Bertz CT molecular complexity index is 577. The number of carbonyl (C=O) groups is 1. The van der Waals surface area contributed by atoms with Gasteiger partial charge in [0, 0.05) is 41.0 Å². The Hall–Kier alpha value is -1.50. The minimum atomic E-state index is -0.985. The maximum atomic E-state index is 13.9. The van der Waals surface area contributed by atoms with E-state index in [1.165, 1.54) is 0 Å². The van der Waals surface area contributed by atoms with Crippen molar-refractivity contribution in [1.82, 2.24) is 10.2 Å². The van der Waals surface area contributed by atoms with Crippen LogP contribution in [0.25, 0.3) is 0 Å². The topological polar surface area (TPSA) is 49.4 Å². The summed E-state index contributed by atoms with van der Waals surface area (Å²) < 4.78 is 38.3. The molecule has 4 nitrogen and oxygen atoms in total. The molecular formula is C16H22F2N2O2S. The maximum absolute atomic E-state index is 13.9. The minimum absolute atomic E-state index is 0.0322. The van der Waals surface area contributed by atoms with Crippen LogP contribution in [0.4, 0.5) is 13.6 Å². The molecule has 1 atom stereocenters. The molecule has 1 fully saturated rings. The van der Waals surface area contributed by atoms with Crippen molar-refractivity contribution in [3.05, 3.63) is 35.4 Å². The highest BCUT2D eigenvalue weighted by molar-refractivity contribution is 7.84. The van der Waals surface area contributed by atoms with Gasteiger partial charge in [0.15, 0.2) is 0 Å². The lowest BCUT2D eigenvalue weighted by molar-refractivity contribution is 0.170. The molecule has 1 saturated carbocycles. The summed E-state index contributed by atoms with van der Waals surface area (Å²) in [7, 11) is -0.985. The Labute approximate surface area is 137 Å². The van der Waals surface area contributed by atoms with E-state index in [0.29, 0.717) is 12.3 Å². The number of halogens is 2. The van der Waals surface area contributed by atoms with Crippen LogP contribution in [-0.2, 0) is 17.3 Å². The standard InChI is InChI=1S/C16H22F2N2O2S/c1-23(22)9-8-19-16(21)20(14-4-2-3-5-14)11-12-10-13(17)6-7-15(12)18/h6-7,10,14H,2-5,8-9,11H2,1H3,(H,19,21)/t23-/m1/s1. The summed E-state index contributed by atoms with van der Waals surface area (Å²) in [6.07, 6.45) is 5.36. The van der Waals surface area contributed by atoms with Gasteiger partial charge in [0.1, 0.15) is 11.6 Å². The van der Waals surface area contributed by atoms with Gasteiger partial charge in [-0.05, 0) is 31.0 Å². The number of carbonyl (C=O) groups excluding carboxylic acids is 1. The molecule has 128 valence electrons. The number of urea groups is 1. The summed E-state index contributed by atoms with van der Waals surface area (Å²) in [5.41, 5.74) is 0.172. The molecule has 2 amide bonds. The van der Waals surface area contributed by atoms with Crippen LogP contribution in [0.3, 0.4) is 0 Å². The van der Waals surface area contributed by atoms with Crippen LogP contribution in [0.5, 0.6) is 0 Å². The molecule has 1 aromatic rings. The first-order valence-corrected chi connectivity index (χ1v) is 9.48. The zero-order valence-corrected chi connectivity index (χ0v) is 14.0. The second-order valence-corrected chi connectivity index (χ2v) is 7.37. The Kier molecular flexibility index (Phi) is 6.50. The zero-order chi connectivity index (χ0) is 16.8. The van der Waals surface area contributed by atoms with Gasteiger partial charge in [-0.15, -0.1) is 0 Å². The van der Waals surface area contributed by atoms with E-state index in [-0.39, 0.29) is 24.2 Å². The predicted molar refractivity (Wildman–Crippen MR) is 86.5 cm³/mol. The van der Waals surface area contributed by atoms with Crippen molar-refractivity contribution in [3.63, 3.8) is 0 Å². The third-order valence-electron chi connectivity index (χ3n) is 4.04. The van der Waals surface area contributed by atoms with Gasteiger partial charge >= 0.3 is 6.03 Å². The van der Waals surface area contributed by atoms with E-state index in [1.54, 1.807) is 11.2 Å². The van der Waals surface area contributed by atoms with Crippen LogP contribution >= 0.6 is 0 Å². The van der Waals surface area contributed by atoms with Crippen molar-refractivity contribution in [2.75, 3.05) is 18.6 Å². The lowest BCUT2D eigenvalue weighted by Gasteiger charge is -2.29. The van der Waals surface area contributed by atoms with Crippen molar-refractivity contribution >= 4 is 16.8 Å². The van der Waals surface area contributed by atoms with Gasteiger partial charge < -0.3 is 10.2 Å². The highest BCUT2D eigenvalue weighted by Crippen LogP contribution is 2.25. The molecule has 0 saturated heterocycles. The molecule has 0 spiro atoms. The molecular weight excluding hydrogens is 322 g/mol. The van der Waals surface area contributed by atoms with Gasteiger partial charge in [0.2, 0.25) is 0 Å². The smallest absolute Gasteiger partial charge is 0.317 e. The van der Waals surface area contributed by atoms with E-state index in [9.17, 15) is 17.8 Å². The fourth-order valence-electron chi connectivity index (χ4n) is 2.83. The molecule has 0 aromatic heterocycles. The molecule has 0 heterocycles. The average Bonchev–Trinajstić information content (AvgIpc) is 3.01. The average molecular weight is 344 g/mol. The second kappa shape index (κ2) is 8.38. The van der Waals surface area contributed by atoms with Crippen molar-refractivity contribution in [1.29, 1.82) is 0 Å². The van der Waals surface area contributed by atoms with Crippen molar-refractivity contribution < 1.29 is 17.8 Å². The van der Waals surface area contributed by atoms with Crippen molar-refractivity contribution in [2.45, 2.75) is 38.3 Å². The summed E-state index contributed by atoms with van der Waals surface area (Å²) in [6.45, 7) is 0.339. The number of nitrogens with zero attached hydrogens (tertiary/aromatic N) is 1. The van der Waals surface area contributed by atoms with Gasteiger partial charge in [0.05, 0.1) is 6.54 Å². The van der Waals surface area contributed by atoms with Crippen LogP contribution in [-0.4, -0.2) is 39.7 Å². The van der Waals surface area contributed by atoms with E-state index < -0.39 is 22.4 Å². The molecule has 1 aliphatic rings. The molecule has 0 radical (unpaired) electrons. The van der Waals surface area contributed by atoms with E-state index in [0.717, 1.165) is 43.9 Å². The highest BCUT2D eigenvalue weighted by Gasteiger charge is 2.27. The summed E-state index contributed by atoms with van der Waals surface area (Å²) >= 11 is 0. The van der Waals surface area contributed by atoms with E-state index in [2.05, 4.69) is 5.32 Å². The van der Waals surface area contributed by atoms with Crippen LogP contribution in [0.15, 0.2) is 18.2 Å². The Balaban J connectivity index is 2.08. The quantitative estimate of drug-likeness (QED) is 0.863.